The van der Waals surface area contributed by atoms with Gasteiger partial charge >= 0.3 is 0 Å². The average molecular weight is 350 g/mol. The molecule has 0 aliphatic rings. The van der Waals surface area contributed by atoms with E-state index in [4.69, 9.17) is 9.15 Å². The number of allylic oxidation sites excluding steroid dienone is 1. The van der Waals surface area contributed by atoms with Gasteiger partial charge in [0, 0.05) is 12.7 Å². The zero-order chi connectivity index (χ0) is 18.5. The van der Waals surface area contributed by atoms with Crippen LogP contribution in [0.3, 0.4) is 0 Å². The zero-order valence-electron chi connectivity index (χ0n) is 15.2. The fourth-order valence-electron chi connectivity index (χ4n) is 2.77. The molecule has 3 rings (SSSR count). The molecule has 0 aliphatic heterocycles. The van der Waals surface area contributed by atoms with Gasteiger partial charge in [-0.05, 0) is 74.4 Å². The Kier molecular flexibility index (Phi) is 5.37. The first-order chi connectivity index (χ1) is 12.5. The first-order valence-corrected chi connectivity index (χ1v) is 8.59. The van der Waals surface area contributed by atoms with E-state index in [2.05, 4.69) is 11.2 Å². The normalized spacial score (nSPS) is 11.2. The molecule has 1 aromatic carbocycles. The van der Waals surface area contributed by atoms with Crippen LogP contribution in [0, 0.1) is 13.8 Å². The van der Waals surface area contributed by atoms with E-state index in [0.29, 0.717) is 30.4 Å². The van der Waals surface area contributed by atoms with Crippen molar-refractivity contribution in [1.29, 1.82) is 0 Å². The fraction of sp³-hybridized carbons (Fsp3) is 0.238. The van der Waals surface area contributed by atoms with Gasteiger partial charge in [-0.2, -0.15) is 5.10 Å². The van der Waals surface area contributed by atoms with E-state index in [1.165, 1.54) is 6.08 Å². The SMILES string of the molecule is CCn1nccc1C(=O)/C=C/c1ccc(COc2cc(C)cc(C)c2)o1. The number of ketones is 1. The summed E-state index contributed by atoms with van der Waals surface area (Å²) in [4.78, 5) is 12.2. The summed E-state index contributed by atoms with van der Waals surface area (Å²) in [5.74, 6) is 2.03. The number of benzene rings is 1. The van der Waals surface area contributed by atoms with Crippen molar-refractivity contribution in [3.8, 4) is 5.75 Å². The number of carbonyl (C=O) groups is 1. The third-order valence-electron chi connectivity index (χ3n) is 3.93. The number of ether oxygens (including phenoxy) is 1. The third-order valence-corrected chi connectivity index (χ3v) is 3.93. The van der Waals surface area contributed by atoms with E-state index in [1.54, 1.807) is 23.0 Å². The fourth-order valence-corrected chi connectivity index (χ4v) is 2.77. The highest BCUT2D eigenvalue weighted by Gasteiger charge is 2.08. The second kappa shape index (κ2) is 7.87. The molecular weight excluding hydrogens is 328 g/mol. The number of nitrogens with zero attached hydrogens (tertiary/aromatic N) is 2. The number of hydrogen-bond acceptors (Lipinski definition) is 4. The molecule has 2 aromatic heterocycles. The van der Waals surface area contributed by atoms with Gasteiger partial charge in [0.1, 0.15) is 29.6 Å². The van der Waals surface area contributed by atoms with E-state index in [-0.39, 0.29) is 5.78 Å². The van der Waals surface area contributed by atoms with Gasteiger partial charge in [0.15, 0.2) is 0 Å². The number of rotatable bonds is 7. The van der Waals surface area contributed by atoms with Crippen LogP contribution < -0.4 is 4.74 Å². The van der Waals surface area contributed by atoms with Crippen molar-refractivity contribution in [2.24, 2.45) is 0 Å². The molecule has 5 heteroatoms. The Hall–Kier alpha value is -3.08. The average Bonchev–Trinajstić information content (AvgIpc) is 3.26. The van der Waals surface area contributed by atoms with Crippen LogP contribution in [0.1, 0.15) is 40.1 Å². The summed E-state index contributed by atoms with van der Waals surface area (Å²) in [7, 11) is 0. The van der Waals surface area contributed by atoms with Gasteiger partial charge in [0.05, 0.1) is 0 Å². The molecule has 0 fully saturated rings. The molecule has 2 heterocycles. The van der Waals surface area contributed by atoms with Gasteiger partial charge in [-0.1, -0.05) is 6.07 Å². The van der Waals surface area contributed by atoms with Crippen LogP contribution >= 0.6 is 0 Å². The van der Waals surface area contributed by atoms with Gasteiger partial charge < -0.3 is 9.15 Å². The van der Waals surface area contributed by atoms with Crippen molar-refractivity contribution in [3.05, 3.63) is 77.0 Å². The Balaban J connectivity index is 1.61. The number of furan rings is 1. The molecular formula is C21H22N2O3. The lowest BCUT2D eigenvalue weighted by atomic mass is 10.1. The number of carbonyl (C=O) groups excluding carboxylic acids is 1. The van der Waals surface area contributed by atoms with Gasteiger partial charge in [0.2, 0.25) is 5.78 Å². The molecule has 0 spiro atoms. The molecule has 0 aliphatic carbocycles. The maximum absolute atomic E-state index is 12.2. The quantitative estimate of drug-likeness (QED) is 0.462. The Morgan fingerprint density at radius 3 is 2.69 bits per heavy atom. The second-order valence-electron chi connectivity index (χ2n) is 6.15. The molecule has 134 valence electrons. The molecule has 0 N–H and O–H groups in total. The third kappa shape index (κ3) is 4.30. The Labute approximate surface area is 152 Å². The molecule has 0 amide bonds. The molecule has 0 atom stereocenters. The lowest BCUT2D eigenvalue weighted by Gasteiger charge is -2.06. The monoisotopic (exact) mass is 350 g/mol. The molecule has 0 bridgehead atoms. The van der Waals surface area contributed by atoms with Crippen molar-refractivity contribution in [3.63, 3.8) is 0 Å². The minimum Gasteiger partial charge on any atom is -0.486 e. The summed E-state index contributed by atoms with van der Waals surface area (Å²) >= 11 is 0. The molecule has 0 radical (unpaired) electrons. The molecule has 0 saturated carbocycles. The largest absolute Gasteiger partial charge is 0.486 e. The van der Waals surface area contributed by atoms with Crippen LogP contribution in [-0.4, -0.2) is 15.6 Å². The van der Waals surface area contributed by atoms with Crippen LogP contribution in [0.15, 0.2) is 53.1 Å². The number of aryl methyl sites for hydroxylation is 3. The van der Waals surface area contributed by atoms with Crippen LogP contribution in [-0.2, 0) is 13.2 Å². The smallest absolute Gasteiger partial charge is 0.203 e. The summed E-state index contributed by atoms with van der Waals surface area (Å²) < 4.78 is 13.2. The van der Waals surface area contributed by atoms with E-state index < -0.39 is 0 Å². The Morgan fingerprint density at radius 1 is 1.19 bits per heavy atom. The van der Waals surface area contributed by atoms with Crippen molar-refractivity contribution in [2.75, 3.05) is 0 Å². The van der Waals surface area contributed by atoms with E-state index >= 15 is 0 Å². The van der Waals surface area contributed by atoms with Crippen LogP contribution in [0.4, 0.5) is 0 Å². The lowest BCUT2D eigenvalue weighted by molar-refractivity contribution is 0.103. The Morgan fingerprint density at radius 2 is 1.96 bits per heavy atom. The number of aromatic nitrogens is 2. The first kappa shape index (κ1) is 17.7. The second-order valence-corrected chi connectivity index (χ2v) is 6.15. The van der Waals surface area contributed by atoms with Crippen LogP contribution in [0.25, 0.3) is 6.08 Å². The van der Waals surface area contributed by atoms with E-state index in [1.807, 2.05) is 45.0 Å². The maximum Gasteiger partial charge on any atom is 0.203 e. The topological polar surface area (TPSA) is 57.3 Å². The van der Waals surface area contributed by atoms with Crippen molar-refractivity contribution in [1.82, 2.24) is 9.78 Å². The molecule has 26 heavy (non-hydrogen) atoms. The molecule has 3 aromatic rings. The molecule has 0 saturated heterocycles. The summed E-state index contributed by atoms with van der Waals surface area (Å²) in [6.45, 7) is 7.02. The minimum atomic E-state index is -0.103. The summed E-state index contributed by atoms with van der Waals surface area (Å²) in [5.41, 5.74) is 2.88. The van der Waals surface area contributed by atoms with Gasteiger partial charge in [0.25, 0.3) is 0 Å². The Bertz CT molecular complexity index is 914. The summed E-state index contributed by atoms with van der Waals surface area (Å²) in [6, 6.07) is 11.5. The standard InChI is InChI=1S/C21H22N2O3/c1-4-23-20(9-10-22-23)21(24)8-7-17-5-6-18(26-17)14-25-19-12-15(2)11-16(3)13-19/h5-13H,4,14H2,1-3H3/b8-7+. The van der Waals surface area contributed by atoms with E-state index in [9.17, 15) is 4.79 Å². The maximum atomic E-state index is 12.2. The molecule has 0 unspecified atom stereocenters. The van der Waals surface area contributed by atoms with Gasteiger partial charge in [-0.15, -0.1) is 0 Å². The zero-order valence-corrected chi connectivity index (χ0v) is 15.2. The predicted octanol–water partition coefficient (Wildman–Crippen LogP) is 4.59. The highest BCUT2D eigenvalue weighted by atomic mass is 16.5. The minimum absolute atomic E-state index is 0.103. The number of hydrogen-bond donors (Lipinski definition) is 0. The predicted molar refractivity (Wildman–Crippen MR) is 100 cm³/mol. The van der Waals surface area contributed by atoms with Gasteiger partial charge in [-0.25, -0.2) is 0 Å². The van der Waals surface area contributed by atoms with E-state index in [0.717, 1.165) is 16.9 Å². The first-order valence-electron chi connectivity index (χ1n) is 8.59. The molecule has 5 nitrogen and oxygen atoms in total. The van der Waals surface area contributed by atoms with Gasteiger partial charge in [-0.3, -0.25) is 9.48 Å². The van der Waals surface area contributed by atoms with Crippen molar-refractivity contribution < 1.29 is 13.9 Å². The van der Waals surface area contributed by atoms with Crippen LogP contribution in [0.2, 0.25) is 0 Å². The van der Waals surface area contributed by atoms with Crippen LogP contribution in [0.5, 0.6) is 5.75 Å². The summed E-state index contributed by atoms with van der Waals surface area (Å²) in [6.07, 6.45) is 4.78. The highest BCUT2D eigenvalue weighted by molar-refractivity contribution is 6.05. The highest BCUT2D eigenvalue weighted by Crippen LogP contribution is 2.19. The van der Waals surface area contributed by atoms with Crippen molar-refractivity contribution in [2.45, 2.75) is 33.9 Å². The van der Waals surface area contributed by atoms with Crippen molar-refractivity contribution >= 4 is 11.9 Å². The summed E-state index contributed by atoms with van der Waals surface area (Å²) in [5, 5.41) is 4.10. The lowest BCUT2D eigenvalue weighted by Crippen LogP contribution is -2.07.